The lowest BCUT2D eigenvalue weighted by molar-refractivity contribution is 0.101. The Morgan fingerprint density at radius 3 is 2.95 bits per heavy atom. The van der Waals surface area contributed by atoms with E-state index in [0.29, 0.717) is 12.0 Å². The largest absolute Gasteiger partial charge is 0.378 e. The molecule has 1 saturated heterocycles. The molecule has 2 rings (SSSR count). The van der Waals surface area contributed by atoms with Gasteiger partial charge in [-0.25, -0.2) is 0 Å². The van der Waals surface area contributed by atoms with E-state index in [9.17, 15) is 0 Å². The highest BCUT2D eigenvalue weighted by Crippen LogP contribution is 2.24. The summed E-state index contributed by atoms with van der Waals surface area (Å²) >= 11 is 3.66. The summed E-state index contributed by atoms with van der Waals surface area (Å²) in [4.78, 5) is 0. The van der Waals surface area contributed by atoms with Crippen molar-refractivity contribution in [3.05, 3.63) is 34.3 Å². The van der Waals surface area contributed by atoms with Crippen LogP contribution in [0.1, 0.15) is 37.7 Å². The van der Waals surface area contributed by atoms with E-state index in [2.05, 4.69) is 45.5 Å². The number of benzene rings is 1. The molecule has 1 aromatic rings. The van der Waals surface area contributed by atoms with Gasteiger partial charge < -0.3 is 10.1 Å². The molecule has 1 N–H and O–H groups in total. The molecule has 2 nitrogen and oxygen atoms in total. The summed E-state index contributed by atoms with van der Waals surface area (Å²) in [6.45, 7) is 2.06. The van der Waals surface area contributed by atoms with Gasteiger partial charge in [0.2, 0.25) is 0 Å². The first-order valence-corrected chi connectivity index (χ1v) is 8.58. The van der Waals surface area contributed by atoms with Gasteiger partial charge in [-0.05, 0) is 63.2 Å². The molecule has 0 spiro atoms. The molecule has 2 atom stereocenters. The lowest BCUT2D eigenvalue weighted by Gasteiger charge is -2.18. The Balaban J connectivity index is 1.78. The van der Waals surface area contributed by atoms with Crippen LogP contribution in [0.2, 0.25) is 0 Å². The van der Waals surface area contributed by atoms with Crippen molar-refractivity contribution in [2.24, 2.45) is 5.92 Å². The van der Waals surface area contributed by atoms with Gasteiger partial charge in [0.25, 0.3) is 0 Å². The van der Waals surface area contributed by atoms with Crippen molar-refractivity contribution in [2.45, 2.75) is 44.6 Å². The zero-order valence-corrected chi connectivity index (χ0v) is 14.0. The van der Waals surface area contributed by atoms with Gasteiger partial charge in [-0.3, -0.25) is 0 Å². The summed E-state index contributed by atoms with van der Waals surface area (Å²) in [7, 11) is 2.05. The number of hydrogen-bond acceptors (Lipinski definition) is 2. The van der Waals surface area contributed by atoms with Crippen LogP contribution < -0.4 is 5.32 Å². The average molecular weight is 340 g/mol. The highest BCUT2D eigenvalue weighted by atomic mass is 79.9. The van der Waals surface area contributed by atoms with Crippen LogP contribution in [0.15, 0.2) is 28.7 Å². The second-order valence-electron chi connectivity index (χ2n) is 5.79. The second kappa shape index (κ2) is 8.81. The maximum atomic E-state index is 5.71. The van der Waals surface area contributed by atoms with Crippen molar-refractivity contribution >= 4 is 15.9 Å². The standard InChI is InChI=1S/C17H26BrNO/c1-19-13-14(6-4-8-16-9-5-11-20-16)12-15-7-2-3-10-17(15)18/h2-3,7,10,14,16,19H,4-6,8-9,11-13H2,1H3. The van der Waals surface area contributed by atoms with Crippen LogP contribution in [0.3, 0.4) is 0 Å². The fraction of sp³-hybridized carbons (Fsp3) is 0.647. The minimum atomic E-state index is 0.536. The first-order chi connectivity index (χ1) is 9.79. The van der Waals surface area contributed by atoms with Crippen LogP contribution in [-0.2, 0) is 11.2 Å². The predicted octanol–water partition coefficient (Wildman–Crippen LogP) is 4.18. The molecule has 1 aromatic carbocycles. The number of nitrogens with one attached hydrogen (secondary N) is 1. The molecule has 1 aliphatic rings. The van der Waals surface area contributed by atoms with Crippen molar-refractivity contribution in [2.75, 3.05) is 20.2 Å². The van der Waals surface area contributed by atoms with E-state index in [1.54, 1.807) is 0 Å². The van der Waals surface area contributed by atoms with E-state index < -0.39 is 0 Å². The topological polar surface area (TPSA) is 21.3 Å². The number of rotatable bonds is 8. The number of halogens is 1. The van der Waals surface area contributed by atoms with Crippen LogP contribution in [0.5, 0.6) is 0 Å². The van der Waals surface area contributed by atoms with E-state index in [1.807, 2.05) is 7.05 Å². The summed E-state index contributed by atoms with van der Waals surface area (Å²) in [5.41, 5.74) is 1.42. The molecular weight excluding hydrogens is 314 g/mol. The molecule has 0 bridgehead atoms. The van der Waals surface area contributed by atoms with E-state index in [-0.39, 0.29) is 0 Å². The van der Waals surface area contributed by atoms with Crippen molar-refractivity contribution in [1.82, 2.24) is 5.32 Å². The predicted molar refractivity (Wildman–Crippen MR) is 88.1 cm³/mol. The zero-order valence-electron chi connectivity index (χ0n) is 12.4. The Bertz CT molecular complexity index is 390. The summed E-state index contributed by atoms with van der Waals surface area (Å²) in [6.07, 6.45) is 7.99. The molecule has 1 heterocycles. The minimum absolute atomic E-state index is 0.536. The van der Waals surface area contributed by atoms with E-state index in [0.717, 1.165) is 19.6 Å². The molecule has 1 fully saturated rings. The molecule has 20 heavy (non-hydrogen) atoms. The second-order valence-corrected chi connectivity index (χ2v) is 6.64. The molecule has 1 aliphatic heterocycles. The van der Waals surface area contributed by atoms with Gasteiger partial charge in [-0.2, -0.15) is 0 Å². The molecule has 112 valence electrons. The monoisotopic (exact) mass is 339 g/mol. The number of hydrogen-bond donors (Lipinski definition) is 1. The highest BCUT2D eigenvalue weighted by Gasteiger charge is 2.16. The third-order valence-electron chi connectivity index (χ3n) is 4.12. The van der Waals surface area contributed by atoms with Crippen LogP contribution >= 0.6 is 15.9 Å². The average Bonchev–Trinajstić information content (AvgIpc) is 2.95. The third kappa shape index (κ3) is 5.19. The van der Waals surface area contributed by atoms with Gasteiger partial charge >= 0.3 is 0 Å². The molecule has 0 saturated carbocycles. The lowest BCUT2D eigenvalue weighted by atomic mass is 9.93. The quantitative estimate of drug-likeness (QED) is 0.767. The van der Waals surface area contributed by atoms with Gasteiger partial charge in [-0.15, -0.1) is 0 Å². The molecule has 0 radical (unpaired) electrons. The summed E-state index contributed by atoms with van der Waals surface area (Å²) in [6, 6.07) is 8.58. The van der Waals surface area contributed by atoms with Gasteiger partial charge in [0.1, 0.15) is 0 Å². The maximum Gasteiger partial charge on any atom is 0.0576 e. The first kappa shape index (κ1) is 16.0. The smallest absolute Gasteiger partial charge is 0.0576 e. The lowest BCUT2D eigenvalue weighted by Crippen LogP contribution is -2.21. The fourth-order valence-corrected chi connectivity index (χ4v) is 3.49. The van der Waals surface area contributed by atoms with E-state index in [1.165, 1.54) is 42.1 Å². The van der Waals surface area contributed by atoms with Crippen LogP contribution in [0.25, 0.3) is 0 Å². The minimum Gasteiger partial charge on any atom is -0.378 e. The highest BCUT2D eigenvalue weighted by molar-refractivity contribution is 9.10. The van der Waals surface area contributed by atoms with Gasteiger partial charge in [0, 0.05) is 11.1 Å². The molecule has 3 heteroatoms. The number of ether oxygens (including phenoxy) is 1. The molecule has 0 amide bonds. The van der Waals surface area contributed by atoms with Crippen molar-refractivity contribution in [1.29, 1.82) is 0 Å². The van der Waals surface area contributed by atoms with Gasteiger partial charge in [0.05, 0.1) is 6.10 Å². The summed E-state index contributed by atoms with van der Waals surface area (Å²) in [5, 5.41) is 3.34. The molecular formula is C17H26BrNO. The van der Waals surface area contributed by atoms with Crippen molar-refractivity contribution < 1.29 is 4.74 Å². The molecule has 2 unspecified atom stereocenters. The zero-order chi connectivity index (χ0) is 14.2. The Kier molecular flexibility index (Phi) is 7.05. The Morgan fingerprint density at radius 1 is 1.40 bits per heavy atom. The SMILES string of the molecule is CNCC(CCCC1CCCO1)Cc1ccccc1Br. The van der Waals surface area contributed by atoms with E-state index in [4.69, 9.17) is 4.74 Å². The molecule has 0 aromatic heterocycles. The van der Waals surface area contributed by atoms with Gasteiger partial charge in [0.15, 0.2) is 0 Å². The first-order valence-electron chi connectivity index (χ1n) is 7.79. The Labute approximate surface area is 131 Å². The normalized spacial score (nSPS) is 20.2. The molecule has 0 aliphatic carbocycles. The Hall–Kier alpha value is -0.380. The van der Waals surface area contributed by atoms with Crippen LogP contribution in [0.4, 0.5) is 0 Å². The van der Waals surface area contributed by atoms with Gasteiger partial charge in [-0.1, -0.05) is 40.5 Å². The van der Waals surface area contributed by atoms with Crippen LogP contribution in [-0.4, -0.2) is 26.3 Å². The summed E-state index contributed by atoms with van der Waals surface area (Å²) < 4.78 is 6.95. The van der Waals surface area contributed by atoms with Crippen LogP contribution in [0, 0.1) is 5.92 Å². The summed E-state index contributed by atoms with van der Waals surface area (Å²) in [5.74, 6) is 0.708. The Morgan fingerprint density at radius 2 is 2.25 bits per heavy atom. The third-order valence-corrected chi connectivity index (χ3v) is 4.90. The van der Waals surface area contributed by atoms with E-state index >= 15 is 0 Å². The maximum absolute atomic E-state index is 5.71. The van der Waals surface area contributed by atoms with Crippen molar-refractivity contribution in [3.63, 3.8) is 0 Å². The fourth-order valence-electron chi connectivity index (χ4n) is 3.05. The van der Waals surface area contributed by atoms with Crippen molar-refractivity contribution in [3.8, 4) is 0 Å².